The van der Waals surface area contributed by atoms with E-state index < -0.39 is 0 Å². The Labute approximate surface area is 105 Å². The molecule has 0 aliphatic rings. The summed E-state index contributed by atoms with van der Waals surface area (Å²) in [5.74, 6) is 0.923. The molecule has 0 aliphatic carbocycles. The Bertz CT molecular complexity index is 560. The molecule has 0 fully saturated rings. The molecular formula is C14H13NOS. The summed E-state index contributed by atoms with van der Waals surface area (Å²) in [7, 11) is 1.71. The van der Waals surface area contributed by atoms with Crippen LogP contribution in [0.15, 0.2) is 41.3 Å². The third-order valence-corrected chi connectivity index (χ3v) is 3.59. The second kappa shape index (κ2) is 5.72. The lowest BCUT2D eigenvalue weighted by atomic mass is 10.1. The maximum atomic E-state index is 9.06. The van der Waals surface area contributed by atoms with Crippen LogP contribution in [0.3, 0.4) is 0 Å². The number of hydrogen-bond donors (Lipinski definition) is 0. The summed E-state index contributed by atoms with van der Waals surface area (Å²) < 4.78 is 5.05. The highest BCUT2D eigenvalue weighted by molar-refractivity contribution is 7.99. The second-order valence-electron chi connectivity index (χ2n) is 3.61. The van der Waals surface area contributed by atoms with E-state index in [1.54, 1.807) is 18.9 Å². The van der Waals surface area contributed by atoms with Crippen LogP contribution in [0.4, 0.5) is 0 Å². The highest BCUT2D eigenvalue weighted by atomic mass is 32.2. The van der Waals surface area contributed by atoms with Gasteiger partial charge in [0.05, 0.1) is 18.2 Å². The highest BCUT2D eigenvalue weighted by Gasteiger charge is 2.05. The van der Waals surface area contributed by atoms with Crippen LogP contribution in [-0.4, -0.2) is 19.5 Å². The van der Waals surface area contributed by atoms with Gasteiger partial charge in [0.1, 0.15) is 0 Å². The van der Waals surface area contributed by atoms with E-state index in [-0.39, 0.29) is 0 Å². The van der Waals surface area contributed by atoms with Crippen molar-refractivity contribution in [2.45, 2.75) is 4.90 Å². The van der Waals surface area contributed by atoms with Crippen molar-refractivity contribution in [1.82, 2.24) is 0 Å². The van der Waals surface area contributed by atoms with Crippen molar-refractivity contribution in [3.63, 3.8) is 0 Å². The number of rotatable bonds is 4. The molecule has 0 atom stereocenters. The molecular weight excluding hydrogens is 230 g/mol. The Kier molecular flexibility index (Phi) is 4.03. The van der Waals surface area contributed by atoms with Gasteiger partial charge < -0.3 is 4.74 Å². The zero-order chi connectivity index (χ0) is 12.1. The van der Waals surface area contributed by atoms with E-state index in [2.05, 4.69) is 12.1 Å². The second-order valence-corrected chi connectivity index (χ2v) is 4.75. The van der Waals surface area contributed by atoms with E-state index in [9.17, 15) is 0 Å². The summed E-state index contributed by atoms with van der Waals surface area (Å²) in [4.78, 5) is 1.21. The van der Waals surface area contributed by atoms with Crippen molar-refractivity contribution >= 4 is 22.5 Å². The van der Waals surface area contributed by atoms with E-state index >= 15 is 0 Å². The van der Waals surface area contributed by atoms with Gasteiger partial charge in [-0.25, -0.2) is 0 Å². The predicted octanol–water partition coefficient (Wildman–Crippen LogP) is 3.45. The number of fused-ring (bicyclic) bond motifs is 1. The molecule has 2 aromatic rings. The smallest absolute Gasteiger partial charge is 0.0998 e. The van der Waals surface area contributed by atoms with E-state index in [0.717, 1.165) is 28.7 Å². The minimum atomic E-state index is 0.733. The minimum absolute atomic E-state index is 0.733. The molecule has 0 bridgehead atoms. The first-order valence-corrected chi connectivity index (χ1v) is 6.39. The molecule has 0 spiro atoms. The van der Waals surface area contributed by atoms with Crippen molar-refractivity contribution < 1.29 is 4.74 Å². The van der Waals surface area contributed by atoms with Crippen molar-refractivity contribution in [1.29, 1.82) is 5.26 Å². The SMILES string of the molecule is COCCSc1ccc(C#N)c2ccccc12. The zero-order valence-electron chi connectivity index (χ0n) is 9.64. The van der Waals surface area contributed by atoms with E-state index in [1.165, 1.54) is 4.90 Å². The number of thioether (sulfide) groups is 1. The number of nitrogens with zero attached hydrogens (tertiary/aromatic N) is 1. The molecule has 0 aliphatic heterocycles. The average molecular weight is 243 g/mol. The average Bonchev–Trinajstić information content (AvgIpc) is 2.39. The summed E-state index contributed by atoms with van der Waals surface area (Å²) >= 11 is 1.76. The van der Waals surface area contributed by atoms with Gasteiger partial charge in [-0.05, 0) is 17.5 Å². The van der Waals surface area contributed by atoms with Crippen molar-refractivity contribution in [3.8, 4) is 6.07 Å². The van der Waals surface area contributed by atoms with Crippen LogP contribution < -0.4 is 0 Å². The van der Waals surface area contributed by atoms with Crippen molar-refractivity contribution in [3.05, 3.63) is 42.0 Å². The molecule has 0 radical (unpaired) electrons. The largest absolute Gasteiger partial charge is 0.384 e. The van der Waals surface area contributed by atoms with E-state index in [0.29, 0.717) is 0 Å². The first kappa shape index (κ1) is 12.0. The van der Waals surface area contributed by atoms with Crippen LogP contribution in [0.2, 0.25) is 0 Å². The fraction of sp³-hybridized carbons (Fsp3) is 0.214. The molecule has 17 heavy (non-hydrogen) atoms. The van der Waals surface area contributed by atoms with Crippen LogP contribution in [0.1, 0.15) is 5.56 Å². The van der Waals surface area contributed by atoms with Gasteiger partial charge in [-0.15, -0.1) is 11.8 Å². The summed E-state index contributed by atoms with van der Waals surface area (Å²) in [5, 5.41) is 11.2. The molecule has 2 nitrogen and oxygen atoms in total. The van der Waals surface area contributed by atoms with E-state index in [1.807, 2.05) is 30.3 Å². The Morgan fingerprint density at radius 1 is 1.18 bits per heavy atom. The van der Waals surface area contributed by atoms with Crippen LogP contribution in [0.25, 0.3) is 10.8 Å². The number of methoxy groups -OCH3 is 1. The van der Waals surface area contributed by atoms with Gasteiger partial charge in [0, 0.05) is 23.1 Å². The molecule has 0 heterocycles. The Balaban J connectivity index is 2.41. The lowest BCUT2D eigenvalue weighted by molar-refractivity contribution is 0.218. The number of nitriles is 1. The maximum Gasteiger partial charge on any atom is 0.0998 e. The summed E-state index contributed by atoms with van der Waals surface area (Å²) in [6.07, 6.45) is 0. The standard InChI is InChI=1S/C14H13NOS/c1-16-8-9-17-14-7-6-11(10-15)12-4-2-3-5-13(12)14/h2-7H,8-9H2,1H3. The Morgan fingerprint density at radius 3 is 2.65 bits per heavy atom. The van der Waals surface area contributed by atoms with Crippen LogP contribution in [-0.2, 0) is 4.74 Å². The van der Waals surface area contributed by atoms with Gasteiger partial charge >= 0.3 is 0 Å². The molecule has 2 rings (SSSR count). The number of ether oxygens (including phenoxy) is 1. The molecule has 0 unspecified atom stereocenters. The minimum Gasteiger partial charge on any atom is -0.384 e. The molecule has 2 aromatic carbocycles. The lowest BCUT2D eigenvalue weighted by Gasteiger charge is -2.07. The summed E-state index contributed by atoms with van der Waals surface area (Å²) in [6.45, 7) is 0.735. The van der Waals surface area contributed by atoms with Gasteiger partial charge in [0.2, 0.25) is 0 Å². The van der Waals surface area contributed by atoms with Gasteiger partial charge in [-0.1, -0.05) is 24.3 Å². The van der Waals surface area contributed by atoms with Gasteiger partial charge in [0.25, 0.3) is 0 Å². The first-order chi connectivity index (χ1) is 8.36. The van der Waals surface area contributed by atoms with Crippen LogP contribution >= 0.6 is 11.8 Å². The first-order valence-electron chi connectivity index (χ1n) is 5.40. The molecule has 0 saturated carbocycles. The van der Waals surface area contributed by atoms with Crippen LogP contribution in [0.5, 0.6) is 0 Å². The van der Waals surface area contributed by atoms with Crippen LogP contribution in [0, 0.1) is 11.3 Å². The Morgan fingerprint density at radius 2 is 1.94 bits per heavy atom. The number of hydrogen-bond acceptors (Lipinski definition) is 3. The molecule has 3 heteroatoms. The van der Waals surface area contributed by atoms with E-state index in [4.69, 9.17) is 10.00 Å². The fourth-order valence-corrected chi connectivity index (χ4v) is 2.70. The molecule has 0 aromatic heterocycles. The summed E-state index contributed by atoms with van der Waals surface area (Å²) in [6, 6.07) is 14.2. The molecule has 0 amide bonds. The van der Waals surface area contributed by atoms with Crippen molar-refractivity contribution in [2.75, 3.05) is 19.5 Å². The van der Waals surface area contributed by atoms with Gasteiger partial charge in [-0.3, -0.25) is 0 Å². The molecule has 86 valence electrons. The maximum absolute atomic E-state index is 9.06. The van der Waals surface area contributed by atoms with Crippen molar-refractivity contribution in [2.24, 2.45) is 0 Å². The normalized spacial score (nSPS) is 10.4. The Hall–Kier alpha value is -1.50. The summed E-state index contributed by atoms with van der Waals surface area (Å²) in [5.41, 5.74) is 0.733. The lowest BCUT2D eigenvalue weighted by Crippen LogP contribution is -1.91. The molecule has 0 N–H and O–H groups in total. The van der Waals surface area contributed by atoms with Gasteiger partial charge in [0.15, 0.2) is 0 Å². The van der Waals surface area contributed by atoms with Gasteiger partial charge in [-0.2, -0.15) is 5.26 Å². The zero-order valence-corrected chi connectivity index (χ0v) is 10.5. The molecule has 0 saturated heterocycles. The topological polar surface area (TPSA) is 33.0 Å². The number of benzene rings is 2. The predicted molar refractivity (Wildman–Crippen MR) is 71.3 cm³/mol. The quantitative estimate of drug-likeness (QED) is 0.609. The monoisotopic (exact) mass is 243 g/mol. The highest BCUT2D eigenvalue weighted by Crippen LogP contribution is 2.29. The third kappa shape index (κ3) is 2.60. The fourth-order valence-electron chi connectivity index (χ4n) is 1.73. The third-order valence-electron chi connectivity index (χ3n) is 2.55.